The fourth-order valence-electron chi connectivity index (χ4n) is 11.9. The number of amides is 6. The van der Waals surface area contributed by atoms with Crippen molar-refractivity contribution in [2.75, 3.05) is 215 Å². The summed E-state index contributed by atoms with van der Waals surface area (Å²) in [6, 6.07) is 35.4. The van der Waals surface area contributed by atoms with Crippen molar-refractivity contribution in [3.05, 3.63) is 164 Å². The SMILES string of the molecule is C.CC(C)(C)OC(=O)Nc1cccc(CC(=O)COCCOCCN)c1.CC(C)(C)OC(=O)Nc1cccc(CC(=O)COCCOCCN=[N+]=[N-])c1.CC(C)(C)OC(=O)Nc1cccc(CC(=O)COCCOCCNC(=O)CCCCC2CCSS2)c1.CC(C)(C)OC(=O)Nc1cccc(N)c1.CCl.Nc1cccc(CC(=O)COCCOCCNC(=O)CCCCC2CCSS2)c1.[N-]=[N+]=NCCOCCOCC(=O)O. The number of anilines is 6. The maximum absolute atomic E-state index is 12.2. The molecule has 0 spiro atoms. The van der Waals surface area contributed by atoms with Crippen LogP contribution in [0.4, 0.5) is 53.3 Å². The number of azide groups is 2. The van der Waals surface area contributed by atoms with Crippen LogP contribution in [-0.2, 0) is 126 Å². The number of unbranched alkanes of at least 4 members (excludes halogenated alkanes) is 2. The molecule has 46 heteroatoms. The predicted octanol–water partition coefficient (Wildman–Crippen LogP) is 18.4. The van der Waals surface area contributed by atoms with Crippen molar-refractivity contribution in [2.45, 2.75) is 213 Å². The number of carbonyl (C=O) groups is 11. The van der Waals surface area contributed by atoms with E-state index in [-0.39, 0.29) is 121 Å². The summed E-state index contributed by atoms with van der Waals surface area (Å²) >= 11 is 4.64. The van der Waals surface area contributed by atoms with E-state index in [4.69, 9.17) is 94.9 Å². The van der Waals surface area contributed by atoms with E-state index in [1.54, 1.807) is 159 Å². The predicted molar refractivity (Wildman–Crippen MR) is 587 cm³/mol. The quantitative estimate of drug-likeness (QED) is 0.00253. The summed E-state index contributed by atoms with van der Waals surface area (Å²) in [5.41, 5.74) is 37.1. The minimum Gasteiger partial charge on any atom is -0.480 e. The molecule has 0 aliphatic carbocycles. The molecule has 0 aromatic heterocycles. The minimum atomic E-state index is -1.01. The van der Waals surface area contributed by atoms with Gasteiger partial charge in [0.05, 0.1) is 99.1 Å². The maximum Gasteiger partial charge on any atom is 0.412 e. The Morgan fingerprint density at radius 3 is 0.946 bits per heavy atom. The van der Waals surface area contributed by atoms with Gasteiger partial charge < -0.3 is 99.3 Å². The molecular weight excluding hydrogens is 2010 g/mol. The molecule has 2 fully saturated rings. The first-order chi connectivity index (χ1) is 70.1. The molecule has 13 N–H and O–H groups in total. The summed E-state index contributed by atoms with van der Waals surface area (Å²) in [6.07, 6.45) is 10.6. The number of benzene rings is 5. The fraction of sp³-hybridized carbons (Fsp3) is 0.598. The lowest BCUT2D eigenvalue weighted by Gasteiger charge is -2.19. The molecule has 2 aliphatic heterocycles. The van der Waals surface area contributed by atoms with Crippen molar-refractivity contribution >= 4 is 154 Å². The Labute approximate surface area is 892 Å². The van der Waals surface area contributed by atoms with Crippen molar-refractivity contribution < 1.29 is 124 Å². The van der Waals surface area contributed by atoms with Crippen molar-refractivity contribution in [2.24, 2.45) is 16.0 Å². The van der Waals surface area contributed by atoms with Crippen LogP contribution in [0.5, 0.6) is 0 Å². The second-order valence-electron chi connectivity index (χ2n) is 36.1. The zero-order chi connectivity index (χ0) is 109. The Hall–Kier alpha value is -10.3. The smallest absolute Gasteiger partial charge is 0.412 e. The number of aliphatic carboxylic acids is 1. The molecule has 5 aromatic rings. The number of nitrogens with two attached hydrogens (primary N) is 3. The number of hydrogen-bond acceptors (Lipinski definition) is 34. The largest absolute Gasteiger partial charge is 0.480 e. The highest BCUT2D eigenvalue weighted by Gasteiger charge is 2.23. The molecule has 0 bridgehead atoms. The van der Waals surface area contributed by atoms with Gasteiger partial charge in [-0.1, -0.05) is 128 Å². The van der Waals surface area contributed by atoms with Gasteiger partial charge in [-0.3, -0.25) is 50.0 Å². The molecule has 7 rings (SSSR count). The zero-order valence-corrected chi connectivity index (χ0v) is 91.3. The van der Waals surface area contributed by atoms with Crippen LogP contribution in [0.1, 0.15) is 177 Å². The molecular formula is C102H160ClN15O26S4. The topological polar surface area (TPSA) is 585 Å². The molecule has 5 aromatic carbocycles. The van der Waals surface area contributed by atoms with Crippen molar-refractivity contribution in [1.29, 1.82) is 0 Å². The van der Waals surface area contributed by atoms with Crippen LogP contribution in [0.15, 0.2) is 132 Å². The van der Waals surface area contributed by atoms with Crippen LogP contribution in [0.25, 0.3) is 20.9 Å². The molecule has 2 heterocycles. The van der Waals surface area contributed by atoms with E-state index in [1.165, 1.54) is 43.6 Å². The van der Waals surface area contributed by atoms with E-state index in [2.05, 4.69) is 68.3 Å². The average Bonchev–Trinajstić information content (AvgIpc) is 0.974. The number of ether oxygens (including phenoxy) is 14. The van der Waals surface area contributed by atoms with E-state index in [1.807, 2.05) is 88.2 Å². The first kappa shape index (κ1) is 138. The Kier molecular flexibility index (Phi) is 79.5. The molecule has 6 amide bonds. The number of Topliss-reactive ketones (excluding diaryl/α,β-unsaturated/α-hetero) is 4. The normalized spacial score (nSPS) is 12.7. The highest BCUT2D eigenvalue weighted by molar-refractivity contribution is 8.77. The van der Waals surface area contributed by atoms with E-state index in [9.17, 15) is 52.7 Å². The van der Waals surface area contributed by atoms with E-state index in [0.717, 1.165) is 58.4 Å². The molecule has 0 radical (unpaired) electrons. The molecule has 2 aliphatic rings. The summed E-state index contributed by atoms with van der Waals surface area (Å²) in [5.74, 6) is 1.48. The van der Waals surface area contributed by atoms with Gasteiger partial charge in [-0.05, 0) is 222 Å². The lowest BCUT2D eigenvalue weighted by Crippen LogP contribution is -2.27. The van der Waals surface area contributed by atoms with E-state index in [0.29, 0.717) is 159 Å². The molecule has 41 nitrogen and oxygen atoms in total. The van der Waals surface area contributed by atoms with Crippen LogP contribution < -0.4 is 49.1 Å². The maximum atomic E-state index is 12.2. The third-order valence-electron chi connectivity index (χ3n) is 18.0. The van der Waals surface area contributed by atoms with Gasteiger partial charge in [-0.2, -0.15) is 0 Å². The molecule has 2 atom stereocenters. The Bertz CT molecular complexity index is 4660. The summed E-state index contributed by atoms with van der Waals surface area (Å²) < 4.78 is 72.8. The Morgan fingerprint density at radius 1 is 0.385 bits per heavy atom. The summed E-state index contributed by atoms with van der Waals surface area (Å²) in [6.45, 7) is 28.6. The number of rotatable bonds is 61. The lowest BCUT2D eigenvalue weighted by atomic mass is 10.1. The average molecular weight is 2180 g/mol. The number of alkyl halides is 1. The van der Waals surface area contributed by atoms with E-state index < -0.39 is 52.7 Å². The number of carbonyl (C=O) groups excluding carboxylic acids is 10. The van der Waals surface area contributed by atoms with Gasteiger partial charge in [-0.15, -0.1) is 11.6 Å². The third kappa shape index (κ3) is 85.5. The molecule has 2 unspecified atom stereocenters. The van der Waals surface area contributed by atoms with Crippen LogP contribution in [0, 0.1) is 0 Å². The molecule has 830 valence electrons. The highest BCUT2D eigenvalue weighted by Crippen LogP contribution is 2.41. The van der Waals surface area contributed by atoms with Crippen molar-refractivity contribution in [3.63, 3.8) is 0 Å². The lowest BCUT2D eigenvalue weighted by molar-refractivity contribution is -0.142. The van der Waals surface area contributed by atoms with Gasteiger partial charge in [0.1, 0.15) is 55.4 Å². The number of carboxylic acid groups (broad SMARTS) is 1. The Morgan fingerprint density at radius 2 is 0.662 bits per heavy atom. The highest BCUT2D eigenvalue weighted by atomic mass is 35.5. The van der Waals surface area contributed by atoms with Crippen LogP contribution in [0.2, 0.25) is 0 Å². The van der Waals surface area contributed by atoms with Gasteiger partial charge in [0.25, 0.3) is 0 Å². The second-order valence-corrected chi connectivity index (χ2v) is 41.7. The standard InChI is InChI=1S/C26H40N2O6S2.C21H32N2O4S2.C18H26N4O5.C18H28N2O5.C11H16N2O2.C6H11N3O4.CH3Cl.CH4/c1-26(2,3)34-25(31)28-21-8-6-7-20(17-21)18-22(29)19-33-15-14-32-13-12-27-24(30)10-5-4-9-23-11-16-35-36-23;22-18-5-3-4-17(14-18)15-19(24)16-27-12-11-26-10-9-23-21(25)7-2-1-6-20-8-13-28-29-20;1-18(2,3)27-17(24)21-15-6-4-5-14(11-15)12-16(23)13-26-10-9-25-8-7-20-22-19;1-18(2,3)25-17(22)20-15-6-4-5-14(11-15)12-16(21)13-24-10-9-23-8-7-19;1-11(2,3)15-10(14)13-9-6-4-5-8(12)7-9;7-9-8-1-2-12-3-4-13-5-6(10)11;1-2;/h6-8,17,23H,4-5,9-16,18-19H2,1-3H3,(H,27,30)(H,28,31);3-5,14,20H,1-2,6-13,15-16,22H2,(H,23,25);4-6,11H,7-10,12-13H2,1-3H3,(H,21,24);4-6,11H,7-10,12-13,19H2,1-3H3,(H,20,22);4-7H,12H2,1-3H3,(H,13,14);1-5H2,(H,10,11);1H3;1H4. The summed E-state index contributed by atoms with van der Waals surface area (Å²) in [4.78, 5) is 134. The number of nitrogen functional groups attached to an aromatic ring is 2. The molecule has 2 saturated heterocycles. The minimum absolute atomic E-state index is 0. The number of ketones is 4. The number of halogens is 1. The van der Waals surface area contributed by atoms with Crippen LogP contribution >= 0.6 is 54.8 Å². The van der Waals surface area contributed by atoms with Gasteiger partial charge in [0.2, 0.25) is 11.8 Å². The fourth-order valence-corrected chi connectivity index (χ4v) is 18.0. The van der Waals surface area contributed by atoms with Crippen LogP contribution in [0.3, 0.4) is 0 Å². The molecule has 0 saturated carbocycles. The van der Waals surface area contributed by atoms with Gasteiger partial charge in [-0.25, -0.2) is 24.0 Å². The zero-order valence-electron chi connectivity index (χ0n) is 87.3. The first-order valence-corrected chi connectivity index (χ1v) is 53.8. The van der Waals surface area contributed by atoms with Gasteiger partial charge in [0, 0.05) is 144 Å². The van der Waals surface area contributed by atoms with E-state index >= 15 is 0 Å². The number of nitrogens with one attached hydrogen (secondary N) is 6. The van der Waals surface area contributed by atoms with Crippen LogP contribution in [-0.4, -0.2) is 286 Å². The van der Waals surface area contributed by atoms with Crippen molar-refractivity contribution in [3.8, 4) is 0 Å². The molecule has 148 heavy (non-hydrogen) atoms. The summed E-state index contributed by atoms with van der Waals surface area (Å²) in [7, 11) is 7.90. The second kappa shape index (κ2) is 85.4. The van der Waals surface area contributed by atoms with Crippen molar-refractivity contribution in [1.82, 2.24) is 10.6 Å². The van der Waals surface area contributed by atoms with Gasteiger partial charge >= 0.3 is 30.3 Å². The number of hydrogen-bond donors (Lipinski definition) is 10. The van der Waals surface area contributed by atoms with Gasteiger partial charge in [0.15, 0.2) is 23.1 Å². The monoisotopic (exact) mass is 2170 g/mol. The summed E-state index contributed by atoms with van der Waals surface area (Å²) in [5, 5.41) is 32.6. The number of nitrogens with zero attached hydrogens (tertiary/aromatic N) is 6. The first-order valence-electron chi connectivity index (χ1n) is 48.3. The third-order valence-corrected chi connectivity index (χ3v) is 24.0. The Balaban J connectivity index is 0.00000179. The number of carboxylic acids is 1.